The molecule has 2 aromatic heterocycles. The number of rotatable bonds is 2. The molecule has 0 atom stereocenters. The van der Waals surface area contributed by atoms with Gasteiger partial charge in [-0.25, -0.2) is 4.68 Å². The Kier molecular flexibility index (Phi) is 2.61. The Morgan fingerprint density at radius 2 is 2.33 bits per heavy atom. The van der Waals surface area contributed by atoms with E-state index in [1.165, 1.54) is 6.07 Å². The molecule has 0 N–H and O–H groups in total. The predicted molar refractivity (Wildman–Crippen MR) is 57.4 cm³/mol. The molecule has 2 aromatic rings. The smallest absolute Gasteiger partial charge is 0.267 e. The third-order valence-corrected chi connectivity index (χ3v) is 2.75. The quantitative estimate of drug-likeness (QED) is 0.765. The lowest BCUT2D eigenvalue weighted by Crippen LogP contribution is -2.21. The van der Waals surface area contributed by atoms with Crippen molar-refractivity contribution in [3.05, 3.63) is 40.0 Å². The van der Waals surface area contributed by atoms with Crippen LogP contribution in [0.15, 0.2) is 34.4 Å². The molecule has 0 fully saturated rings. The maximum atomic E-state index is 11.3. The summed E-state index contributed by atoms with van der Waals surface area (Å²) < 4.78 is 1.16. The van der Waals surface area contributed by atoms with Gasteiger partial charge in [0.1, 0.15) is 12.2 Å². The van der Waals surface area contributed by atoms with Gasteiger partial charge in [-0.05, 0) is 17.5 Å². The first-order valence-corrected chi connectivity index (χ1v) is 5.18. The normalized spacial score (nSPS) is 9.80. The molecule has 0 unspecified atom stereocenters. The number of aromatic nitrogens is 2. The molecular formula is C10H7N3OS. The Balaban J connectivity index is 2.48. The van der Waals surface area contributed by atoms with E-state index in [0.717, 1.165) is 15.3 Å². The average molecular weight is 217 g/mol. The Morgan fingerprint density at radius 3 is 3.00 bits per heavy atom. The SMILES string of the molecule is N#CCn1nc(-c2cccs2)ccc1=O. The van der Waals surface area contributed by atoms with Gasteiger partial charge in [-0.1, -0.05) is 6.07 Å². The van der Waals surface area contributed by atoms with E-state index in [1.54, 1.807) is 17.4 Å². The van der Waals surface area contributed by atoms with E-state index in [-0.39, 0.29) is 12.1 Å². The highest BCUT2D eigenvalue weighted by atomic mass is 32.1. The molecule has 2 rings (SSSR count). The minimum Gasteiger partial charge on any atom is -0.268 e. The second-order valence-corrected chi connectivity index (χ2v) is 3.80. The van der Waals surface area contributed by atoms with Crippen LogP contribution in [-0.2, 0) is 6.54 Å². The molecular weight excluding hydrogens is 210 g/mol. The van der Waals surface area contributed by atoms with Crippen LogP contribution in [0.25, 0.3) is 10.6 Å². The minimum absolute atomic E-state index is 0.0158. The average Bonchev–Trinajstić information content (AvgIpc) is 2.75. The Morgan fingerprint density at radius 1 is 1.47 bits per heavy atom. The van der Waals surface area contributed by atoms with Crippen molar-refractivity contribution >= 4 is 11.3 Å². The standard InChI is InChI=1S/C10H7N3OS/c11-5-6-13-10(14)4-3-8(12-13)9-2-1-7-15-9/h1-4,7H,6H2. The van der Waals surface area contributed by atoms with Crippen molar-refractivity contribution < 1.29 is 0 Å². The molecule has 0 aliphatic rings. The number of hydrogen-bond donors (Lipinski definition) is 0. The van der Waals surface area contributed by atoms with Crippen molar-refractivity contribution in [1.82, 2.24) is 9.78 Å². The summed E-state index contributed by atoms with van der Waals surface area (Å²) in [6.07, 6.45) is 0. The van der Waals surface area contributed by atoms with Crippen LogP contribution in [0, 0.1) is 11.3 Å². The van der Waals surface area contributed by atoms with Gasteiger partial charge in [0.2, 0.25) is 0 Å². The summed E-state index contributed by atoms with van der Waals surface area (Å²) in [4.78, 5) is 12.3. The lowest BCUT2D eigenvalue weighted by molar-refractivity contribution is 0.663. The first kappa shape index (κ1) is 9.62. The molecule has 0 bridgehead atoms. The third-order valence-electron chi connectivity index (χ3n) is 1.86. The number of thiophene rings is 1. The number of hydrogen-bond acceptors (Lipinski definition) is 4. The monoisotopic (exact) mass is 217 g/mol. The lowest BCUT2D eigenvalue weighted by Gasteiger charge is -2.00. The highest BCUT2D eigenvalue weighted by Gasteiger charge is 2.03. The van der Waals surface area contributed by atoms with Gasteiger partial charge in [0.25, 0.3) is 5.56 Å². The zero-order valence-corrected chi connectivity index (χ0v) is 8.57. The van der Waals surface area contributed by atoms with E-state index in [4.69, 9.17) is 5.26 Å². The van der Waals surface area contributed by atoms with Crippen LogP contribution in [-0.4, -0.2) is 9.78 Å². The Bertz CT molecular complexity index is 551. The van der Waals surface area contributed by atoms with Crippen molar-refractivity contribution in [1.29, 1.82) is 5.26 Å². The van der Waals surface area contributed by atoms with E-state index in [1.807, 2.05) is 23.6 Å². The molecule has 0 spiro atoms. The number of nitriles is 1. The van der Waals surface area contributed by atoms with Gasteiger partial charge >= 0.3 is 0 Å². The summed E-state index contributed by atoms with van der Waals surface area (Å²) in [6, 6.07) is 8.84. The van der Waals surface area contributed by atoms with Crippen LogP contribution < -0.4 is 5.56 Å². The van der Waals surface area contributed by atoms with E-state index in [2.05, 4.69) is 5.10 Å². The third kappa shape index (κ3) is 1.95. The second kappa shape index (κ2) is 4.07. The van der Waals surface area contributed by atoms with Crippen molar-refractivity contribution in [3.63, 3.8) is 0 Å². The van der Waals surface area contributed by atoms with Crippen molar-refractivity contribution in [2.75, 3.05) is 0 Å². The topological polar surface area (TPSA) is 58.7 Å². The van der Waals surface area contributed by atoms with Crippen molar-refractivity contribution in [3.8, 4) is 16.6 Å². The minimum atomic E-state index is -0.253. The fraction of sp³-hybridized carbons (Fsp3) is 0.100. The lowest BCUT2D eigenvalue weighted by atomic mass is 10.3. The van der Waals surface area contributed by atoms with E-state index < -0.39 is 0 Å². The molecule has 0 radical (unpaired) electrons. The first-order chi connectivity index (χ1) is 7.31. The van der Waals surface area contributed by atoms with Crippen LogP contribution in [0.3, 0.4) is 0 Å². The van der Waals surface area contributed by atoms with Gasteiger partial charge in [0.05, 0.1) is 10.9 Å². The van der Waals surface area contributed by atoms with E-state index in [9.17, 15) is 4.79 Å². The molecule has 0 saturated heterocycles. The molecule has 0 aliphatic carbocycles. The summed E-state index contributed by atoms with van der Waals surface area (Å²) in [5.41, 5.74) is 0.469. The first-order valence-electron chi connectivity index (χ1n) is 4.30. The molecule has 5 heteroatoms. The molecule has 2 heterocycles. The summed E-state index contributed by atoms with van der Waals surface area (Å²) in [5, 5.41) is 14.6. The Labute approximate surface area is 90.0 Å². The van der Waals surface area contributed by atoms with Gasteiger partial charge in [-0.2, -0.15) is 10.4 Å². The highest BCUT2D eigenvalue weighted by Crippen LogP contribution is 2.20. The highest BCUT2D eigenvalue weighted by molar-refractivity contribution is 7.13. The molecule has 0 aliphatic heterocycles. The molecule has 74 valence electrons. The van der Waals surface area contributed by atoms with Crippen LogP contribution in [0.5, 0.6) is 0 Å². The van der Waals surface area contributed by atoms with Crippen LogP contribution >= 0.6 is 11.3 Å². The van der Waals surface area contributed by atoms with Crippen LogP contribution in [0.2, 0.25) is 0 Å². The maximum absolute atomic E-state index is 11.3. The summed E-state index contributed by atoms with van der Waals surface area (Å²) in [7, 11) is 0. The molecule has 15 heavy (non-hydrogen) atoms. The van der Waals surface area contributed by atoms with Gasteiger partial charge in [-0.15, -0.1) is 11.3 Å². The van der Waals surface area contributed by atoms with E-state index >= 15 is 0 Å². The van der Waals surface area contributed by atoms with Gasteiger partial charge in [-0.3, -0.25) is 4.79 Å². The van der Waals surface area contributed by atoms with Gasteiger partial charge < -0.3 is 0 Å². The fourth-order valence-corrected chi connectivity index (χ4v) is 1.88. The predicted octanol–water partition coefficient (Wildman–Crippen LogP) is 1.50. The molecule has 4 nitrogen and oxygen atoms in total. The fourth-order valence-electron chi connectivity index (χ4n) is 1.18. The number of nitrogens with zero attached hydrogens (tertiary/aromatic N) is 3. The van der Waals surface area contributed by atoms with Crippen LogP contribution in [0.1, 0.15) is 0 Å². The second-order valence-electron chi connectivity index (χ2n) is 2.85. The summed E-state index contributed by atoms with van der Waals surface area (Å²) in [5.74, 6) is 0. The van der Waals surface area contributed by atoms with Crippen LogP contribution in [0.4, 0.5) is 0 Å². The van der Waals surface area contributed by atoms with Gasteiger partial charge in [0, 0.05) is 6.07 Å². The van der Waals surface area contributed by atoms with Crippen molar-refractivity contribution in [2.24, 2.45) is 0 Å². The van der Waals surface area contributed by atoms with Crippen molar-refractivity contribution in [2.45, 2.75) is 6.54 Å². The summed E-state index contributed by atoms with van der Waals surface area (Å²) in [6.45, 7) is -0.0158. The Hall–Kier alpha value is -1.93. The molecule has 0 saturated carbocycles. The van der Waals surface area contributed by atoms with E-state index in [0.29, 0.717) is 0 Å². The van der Waals surface area contributed by atoms with Gasteiger partial charge in [0.15, 0.2) is 0 Å². The zero-order valence-electron chi connectivity index (χ0n) is 7.75. The molecule has 0 amide bonds. The largest absolute Gasteiger partial charge is 0.268 e. The summed E-state index contributed by atoms with van der Waals surface area (Å²) >= 11 is 1.55. The zero-order chi connectivity index (χ0) is 10.7. The molecule has 0 aromatic carbocycles. The maximum Gasteiger partial charge on any atom is 0.267 e.